The number of thiol groups is 1. The average Bonchev–Trinajstić information content (AvgIpc) is 2.19. The standard InChI is InChI=1S/C7H9NS.C3H6O/c1-8-6-2-4-7(9)5-3-6;1-2-3-4/h2-5,8-9H,1H3;3H,2H2,1H3. The SMILES string of the molecule is CCC=O.CNc1ccc(S)cc1. The van der Waals surface area contributed by atoms with Gasteiger partial charge in [0.15, 0.2) is 0 Å². The molecule has 0 aliphatic heterocycles. The predicted molar refractivity (Wildman–Crippen MR) is 59.6 cm³/mol. The minimum Gasteiger partial charge on any atom is -0.388 e. The first-order valence-electron chi connectivity index (χ1n) is 4.15. The van der Waals surface area contributed by atoms with Crippen LogP contribution in [0.2, 0.25) is 0 Å². The van der Waals surface area contributed by atoms with E-state index < -0.39 is 0 Å². The summed E-state index contributed by atoms with van der Waals surface area (Å²) in [5.41, 5.74) is 1.12. The van der Waals surface area contributed by atoms with Crippen LogP contribution in [0.5, 0.6) is 0 Å². The van der Waals surface area contributed by atoms with Crippen molar-refractivity contribution in [1.29, 1.82) is 0 Å². The van der Waals surface area contributed by atoms with Crippen LogP contribution in [0.15, 0.2) is 29.2 Å². The van der Waals surface area contributed by atoms with E-state index >= 15 is 0 Å². The van der Waals surface area contributed by atoms with E-state index in [0.29, 0.717) is 6.42 Å². The average molecular weight is 197 g/mol. The lowest BCUT2D eigenvalue weighted by atomic mass is 10.3. The van der Waals surface area contributed by atoms with Gasteiger partial charge >= 0.3 is 0 Å². The maximum atomic E-state index is 9.17. The summed E-state index contributed by atoms with van der Waals surface area (Å²) in [4.78, 5) is 10.2. The van der Waals surface area contributed by atoms with Crippen molar-refractivity contribution < 1.29 is 4.79 Å². The third-order valence-corrected chi connectivity index (χ3v) is 1.62. The Kier molecular flexibility index (Phi) is 7.11. The van der Waals surface area contributed by atoms with E-state index in [9.17, 15) is 4.79 Å². The molecular weight excluding hydrogens is 182 g/mol. The predicted octanol–water partition coefficient (Wildman–Crippen LogP) is 2.61. The van der Waals surface area contributed by atoms with Crippen molar-refractivity contribution in [3.8, 4) is 0 Å². The zero-order valence-corrected chi connectivity index (χ0v) is 8.84. The van der Waals surface area contributed by atoms with Crippen LogP contribution >= 0.6 is 12.6 Å². The van der Waals surface area contributed by atoms with Gasteiger partial charge in [-0.15, -0.1) is 12.6 Å². The molecule has 0 aliphatic carbocycles. The Morgan fingerprint density at radius 2 is 1.85 bits per heavy atom. The molecule has 0 unspecified atom stereocenters. The van der Waals surface area contributed by atoms with Gasteiger partial charge in [-0.2, -0.15) is 0 Å². The van der Waals surface area contributed by atoms with E-state index in [1.54, 1.807) is 0 Å². The Morgan fingerprint density at radius 3 is 2.15 bits per heavy atom. The molecule has 2 nitrogen and oxygen atoms in total. The lowest BCUT2D eigenvalue weighted by Crippen LogP contribution is -1.85. The highest BCUT2D eigenvalue weighted by molar-refractivity contribution is 7.80. The largest absolute Gasteiger partial charge is 0.388 e. The molecule has 1 N–H and O–H groups in total. The van der Waals surface area contributed by atoms with E-state index in [4.69, 9.17) is 0 Å². The Hall–Kier alpha value is -0.960. The van der Waals surface area contributed by atoms with Gasteiger partial charge in [0.25, 0.3) is 0 Å². The van der Waals surface area contributed by atoms with E-state index in [2.05, 4.69) is 17.9 Å². The fourth-order valence-corrected chi connectivity index (χ4v) is 0.777. The van der Waals surface area contributed by atoms with Crippen molar-refractivity contribution in [2.75, 3.05) is 12.4 Å². The number of hydrogen-bond donors (Lipinski definition) is 2. The topological polar surface area (TPSA) is 29.1 Å². The Bertz CT molecular complexity index is 233. The van der Waals surface area contributed by atoms with Gasteiger partial charge in [-0.1, -0.05) is 6.92 Å². The molecule has 0 amide bonds. The van der Waals surface area contributed by atoms with Crippen LogP contribution in [0.3, 0.4) is 0 Å². The van der Waals surface area contributed by atoms with E-state index in [-0.39, 0.29) is 0 Å². The van der Waals surface area contributed by atoms with Gasteiger partial charge in [-0.25, -0.2) is 0 Å². The van der Waals surface area contributed by atoms with Gasteiger partial charge in [0, 0.05) is 24.1 Å². The molecule has 0 radical (unpaired) electrons. The van der Waals surface area contributed by atoms with Gasteiger partial charge in [-0.05, 0) is 24.3 Å². The van der Waals surface area contributed by atoms with Crippen molar-refractivity contribution in [1.82, 2.24) is 0 Å². The molecular formula is C10H15NOS. The minimum absolute atomic E-state index is 0.639. The summed E-state index contributed by atoms with van der Waals surface area (Å²) in [5.74, 6) is 0. The van der Waals surface area contributed by atoms with Crippen LogP contribution in [0.1, 0.15) is 13.3 Å². The maximum absolute atomic E-state index is 9.17. The molecule has 0 aliphatic rings. The van der Waals surface area contributed by atoms with Crippen LogP contribution in [0, 0.1) is 0 Å². The molecule has 1 rings (SSSR count). The number of hydrogen-bond acceptors (Lipinski definition) is 3. The molecule has 3 heteroatoms. The molecule has 0 fully saturated rings. The first kappa shape index (κ1) is 12.0. The zero-order chi connectivity index (χ0) is 10.1. The van der Waals surface area contributed by atoms with Crippen LogP contribution in [-0.4, -0.2) is 13.3 Å². The van der Waals surface area contributed by atoms with E-state index in [1.807, 2.05) is 38.2 Å². The Balaban J connectivity index is 0.000000310. The van der Waals surface area contributed by atoms with Crippen molar-refractivity contribution >= 4 is 24.6 Å². The molecule has 1 aromatic rings. The first-order valence-corrected chi connectivity index (χ1v) is 4.59. The third kappa shape index (κ3) is 6.22. The minimum atomic E-state index is 0.639. The summed E-state index contributed by atoms with van der Waals surface area (Å²) in [6, 6.07) is 7.88. The molecule has 13 heavy (non-hydrogen) atoms. The van der Waals surface area contributed by atoms with Gasteiger partial charge in [-0.3, -0.25) is 0 Å². The fraction of sp³-hybridized carbons (Fsp3) is 0.300. The monoisotopic (exact) mass is 197 g/mol. The fourth-order valence-electron chi connectivity index (χ4n) is 0.628. The smallest absolute Gasteiger partial charge is 0.119 e. The number of benzene rings is 1. The second-order valence-electron chi connectivity index (χ2n) is 2.37. The summed E-state index contributed by atoms with van der Waals surface area (Å²) in [6.07, 6.45) is 1.51. The van der Waals surface area contributed by atoms with Gasteiger partial charge in [0.1, 0.15) is 6.29 Å². The molecule has 0 heterocycles. The second kappa shape index (κ2) is 7.68. The van der Waals surface area contributed by atoms with Crippen molar-refractivity contribution in [2.45, 2.75) is 18.2 Å². The quantitative estimate of drug-likeness (QED) is 0.563. The lowest BCUT2D eigenvalue weighted by Gasteiger charge is -1.97. The summed E-state index contributed by atoms with van der Waals surface area (Å²) >= 11 is 4.14. The highest BCUT2D eigenvalue weighted by Crippen LogP contribution is 2.10. The molecule has 72 valence electrons. The molecule has 0 aromatic heterocycles. The van der Waals surface area contributed by atoms with Crippen molar-refractivity contribution in [3.05, 3.63) is 24.3 Å². The molecule has 0 saturated heterocycles. The maximum Gasteiger partial charge on any atom is 0.119 e. The molecule has 0 atom stereocenters. The van der Waals surface area contributed by atoms with Gasteiger partial charge in [0.05, 0.1) is 0 Å². The third-order valence-electron chi connectivity index (χ3n) is 1.32. The number of carbonyl (C=O) groups excluding carboxylic acids is 1. The van der Waals surface area contributed by atoms with Crippen molar-refractivity contribution in [3.63, 3.8) is 0 Å². The highest BCUT2D eigenvalue weighted by Gasteiger charge is 1.84. The van der Waals surface area contributed by atoms with Crippen molar-refractivity contribution in [2.24, 2.45) is 0 Å². The lowest BCUT2D eigenvalue weighted by molar-refractivity contribution is -0.107. The van der Waals surface area contributed by atoms with E-state index in [1.165, 1.54) is 0 Å². The summed E-state index contributed by atoms with van der Waals surface area (Å²) < 4.78 is 0. The van der Waals surface area contributed by atoms with Crippen LogP contribution in [0.25, 0.3) is 0 Å². The summed E-state index contributed by atoms with van der Waals surface area (Å²) in [5, 5.41) is 3.02. The molecule has 1 aromatic carbocycles. The summed E-state index contributed by atoms with van der Waals surface area (Å²) in [7, 11) is 1.90. The number of nitrogens with one attached hydrogen (secondary N) is 1. The Morgan fingerprint density at radius 1 is 1.38 bits per heavy atom. The molecule has 0 saturated carbocycles. The summed E-state index contributed by atoms with van der Waals surface area (Å²) in [6.45, 7) is 1.81. The zero-order valence-electron chi connectivity index (χ0n) is 7.95. The first-order chi connectivity index (χ1) is 6.24. The van der Waals surface area contributed by atoms with E-state index in [0.717, 1.165) is 16.9 Å². The number of anilines is 1. The van der Waals surface area contributed by atoms with Crippen LogP contribution in [0.4, 0.5) is 5.69 Å². The highest BCUT2D eigenvalue weighted by atomic mass is 32.1. The normalized spacial score (nSPS) is 8.23. The van der Waals surface area contributed by atoms with Gasteiger partial charge < -0.3 is 10.1 Å². The molecule has 0 spiro atoms. The number of carbonyl (C=O) groups is 1. The van der Waals surface area contributed by atoms with Gasteiger partial charge in [0.2, 0.25) is 0 Å². The number of rotatable bonds is 2. The number of aldehydes is 1. The molecule has 0 bridgehead atoms. The Labute approximate surface area is 84.8 Å². The second-order valence-corrected chi connectivity index (χ2v) is 2.89. The van der Waals surface area contributed by atoms with Crippen LogP contribution in [-0.2, 0) is 4.79 Å². The van der Waals surface area contributed by atoms with Crippen LogP contribution < -0.4 is 5.32 Å².